The molecule has 2 heteroatoms. The zero-order chi connectivity index (χ0) is 9.97. The van der Waals surface area contributed by atoms with Crippen molar-refractivity contribution in [2.75, 3.05) is 6.61 Å². The van der Waals surface area contributed by atoms with Crippen LogP contribution in [0, 0.1) is 11.8 Å². The van der Waals surface area contributed by atoms with Crippen LogP contribution in [0.2, 0.25) is 0 Å². The van der Waals surface area contributed by atoms with Crippen LogP contribution in [0.5, 0.6) is 0 Å². The highest BCUT2D eigenvalue weighted by atomic mass is 16.5. The molecule has 4 atom stereocenters. The average Bonchev–Trinajstić information content (AvgIpc) is 2.20. The van der Waals surface area contributed by atoms with Gasteiger partial charge in [-0.05, 0) is 44.4 Å². The maximum atomic E-state index is 9.98. The van der Waals surface area contributed by atoms with E-state index in [4.69, 9.17) is 4.74 Å². The summed E-state index contributed by atoms with van der Waals surface area (Å²) in [6, 6.07) is 0. The minimum atomic E-state index is -0.0575. The molecule has 0 spiro atoms. The molecule has 0 amide bonds. The molecule has 1 aliphatic carbocycles. The fraction of sp³-hybridized carbons (Fsp3) is 1.00. The van der Waals surface area contributed by atoms with Crippen LogP contribution >= 0.6 is 0 Å². The summed E-state index contributed by atoms with van der Waals surface area (Å²) in [5.41, 5.74) is 0. The lowest BCUT2D eigenvalue weighted by atomic mass is 9.73. The van der Waals surface area contributed by atoms with Crippen LogP contribution in [0.15, 0.2) is 0 Å². The Balaban J connectivity index is 1.96. The zero-order valence-electron chi connectivity index (χ0n) is 9.11. The van der Waals surface area contributed by atoms with E-state index < -0.39 is 0 Å². The van der Waals surface area contributed by atoms with Gasteiger partial charge in [-0.2, -0.15) is 0 Å². The summed E-state index contributed by atoms with van der Waals surface area (Å²) in [7, 11) is 0. The van der Waals surface area contributed by atoms with Gasteiger partial charge >= 0.3 is 0 Å². The summed E-state index contributed by atoms with van der Waals surface area (Å²) in [5, 5.41) is 9.98. The van der Waals surface area contributed by atoms with Gasteiger partial charge in [0.15, 0.2) is 0 Å². The molecule has 2 aliphatic rings. The van der Waals surface area contributed by atoms with Gasteiger partial charge in [0.2, 0.25) is 0 Å². The van der Waals surface area contributed by atoms with Crippen molar-refractivity contribution >= 4 is 0 Å². The van der Waals surface area contributed by atoms with E-state index in [1.54, 1.807) is 0 Å². The first kappa shape index (κ1) is 10.4. The van der Waals surface area contributed by atoms with Gasteiger partial charge in [0.25, 0.3) is 0 Å². The minimum absolute atomic E-state index is 0.0575. The topological polar surface area (TPSA) is 29.5 Å². The SMILES string of the molecule is C[C@H]1OCCC[C@@H]1[C@@H]1CCCC[C@H]1O. The summed E-state index contributed by atoms with van der Waals surface area (Å²) >= 11 is 0. The van der Waals surface area contributed by atoms with Crippen LogP contribution in [0.25, 0.3) is 0 Å². The molecule has 0 unspecified atom stereocenters. The van der Waals surface area contributed by atoms with Crippen LogP contribution in [0.4, 0.5) is 0 Å². The normalized spacial score (nSPS) is 45.0. The average molecular weight is 198 g/mol. The van der Waals surface area contributed by atoms with Gasteiger partial charge in [0.05, 0.1) is 12.2 Å². The first-order valence-electron chi connectivity index (χ1n) is 6.08. The van der Waals surface area contributed by atoms with Crippen molar-refractivity contribution in [3.63, 3.8) is 0 Å². The van der Waals surface area contributed by atoms with E-state index in [-0.39, 0.29) is 6.10 Å². The second-order valence-electron chi connectivity index (χ2n) is 4.90. The van der Waals surface area contributed by atoms with E-state index in [0.29, 0.717) is 17.9 Å². The van der Waals surface area contributed by atoms with Gasteiger partial charge in [-0.3, -0.25) is 0 Å². The lowest BCUT2D eigenvalue weighted by Gasteiger charge is -2.39. The second kappa shape index (κ2) is 4.63. The van der Waals surface area contributed by atoms with Crippen molar-refractivity contribution < 1.29 is 9.84 Å². The Morgan fingerprint density at radius 2 is 1.71 bits per heavy atom. The van der Waals surface area contributed by atoms with Crippen LogP contribution in [0.1, 0.15) is 45.4 Å². The van der Waals surface area contributed by atoms with E-state index >= 15 is 0 Å². The molecule has 1 aliphatic heterocycles. The van der Waals surface area contributed by atoms with Gasteiger partial charge in [0.1, 0.15) is 0 Å². The molecule has 0 bridgehead atoms. The molecule has 1 saturated heterocycles. The van der Waals surface area contributed by atoms with Gasteiger partial charge < -0.3 is 9.84 Å². The number of hydrogen-bond acceptors (Lipinski definition) is 2. The standard InChI is InChI=1S/C12H22O2/c1-9-10(6-4-8-14-9)11-5-2-3-7-12(11)13/h9-13H,2-8H2,1H3/t9-,10+,11+,12-/m1/s1. The number of aliphatic hydroxyl groups is 1. The van der Waals surface area contributed by atoms with Gasteiger partial charge in [-0.15, -0.1) is 0 Å². The Labute approximate surface area is 86.6 Å². The summed E-state index contributed by atoms with van der Waals surface area (Å²) in [4.78, 5) is 0. The van der Waals surface area contributed by atoms with Crippen molar-refractivity contribution in [3.8, 4) is 0 Å². The number of aliphatic hydroxyl groups excluding tert-OH is 1. The molecular formula is C12H22O2. The van der Waals surface area contributed by atoms with Crippen LogP contribution in [-0.4, -0.2) is 23.9 Å². The monoisotopic (exact) mass is 198 g/mol. The summed E-state index contributed by atoms with van der Waals surface area (Å²) in [6.45, 7) is 3.09. The van der Waals surface area contributed by atoms with Crippen LogP contribution in [-0.2, 0) is 4.74 Å². The van der Waals surface area contributed by atoms with E-state index in [0.717, 1.165) is 13.0 Å². The first-order valence-corrected chi connectivity index (χ1v) is 6.08. The summed E-state index contributed by atoms with van der Waals surface area (Å²) in [6.07, 6.45) is 7.46. The maximum Gasteiger partial charge on any atom is 0.0578 e. The number of ether oxygens (including phenoxy) is 1. The Bertz CT molecular complexity index is 161. The zero-order valence-corrected chi connectivity index (χ0v) is 9.11. The smallest absolute Gasteiger partial charge is 0.0578 e. The molecule has 0 aromatic carbocycles. The molecule has 2 nitrogen and oxygen atoms in total. The lowest BCUT2D eigenvalue weighted by molar-refractivity contribution is -0.0717. The molecule has 1 heterocycles. The quantitative estimate of drug-likeness (QED) is 0.701. The largest absolute Gasteiger partial charge is 0.393 e. The van der Waals surface area contributed by atoms with E-state index in [9.17, 15) is 5.11 Å². The molecule has 82 valence electrons. The highest BCUT2D eigenvalue weighted by Crippen LogP contribution is 2.37. The molecule has 0 radical (unpaired) electrons. The highest BCUT2D eigenvalue weighted by molar-refractivity contribution is 4.85. The molecule has 14 heavy (non-hydrogen) atoms. The first-order chi connectivity index (χ1) is 6.79. The van der Waals surface area contributed by atoms with Crippen molar-refractivity contribution in [2.45, 2.75) is 57.7 Å². The van der Waals surface area contributed by atoms with Crippen molar-refractivity contribution in [3.05, 3.63) is 0 Å². The molecule has 1 N–H and O–H groups in total. The van der Waals surface area contributed by atoms with Gasteiger partial charge in [-0.1, -0.05) is 12.8 Å². The Morgan fingerprint density at radius 1 is 1.00 bits per heavy atom. The van der Waals surface area contributed by atoms with Crippen LogP contribution < -0.4 is 0 Å². The summed E-state index contributed by atoms with van der Waals surface area (Å²) in [5.74, 6) is 1.12. The Hall–Kier alpha value is -0.0800. The third-order valence-corrected chi connectivity index (χ3v) is 4.00. The van der Waals surface area contributed by atoms with Gasteiger partial charge in [0, 0.05) is 6.61 Å². The van der Waals surface area contributed by atoms with Crippen molar-refractivity contribution in [2.24, 2.45) is 11.8 Å². The van der Waals surface area contributed by atoms with Gasteiger partial charge in [-0.25, -0.2) is 0 Å². The van der Waals surface area contributed by atoms with E-state index in [2.05, 4.69) is 6.92 Å². The summed E-state index contributed by atoms with van der Waals surface area (Å²) < 4.78 is 5.68. The minimum Gasteiger partial charge on any atom is -0.393 e. The highest BCUT2D eigenvalue weighted by Gasteiger charge is 2.35. The molecule has 2 fully saturated rings. The maximum absolute atomic E-state index is 9.98. The predicted molar refractivity (Wildman–Crippen MR) is 56.1 cm³/mol. The van der Waals surface area contributed by atoms with Crippen molar-refractivity contribution in [1.29, 1.82) is 0 Å². The second-order valence-corrected chi connectivity index (χ2v) is 4.90. The third kappa shape index (κ3) is 2.12. The molecule has 1 saturated carbocycles. The van der Waals surface area contributed by atoms with E-state index in [1.807, 2.05) is 0 Å². The third-order valence-electron chi connectivity index (χ3n) is 4.00. The number of rotatable bonds is 1. The van der Waals surface area contributed by atoms with Crippen molar-refractivity contribution in [1.82, 2.24) is 0 Å². The molecular weight excluding hydrogens is 176 g/mol. The fourth-order valence-corrected chi connectivity index (χ4v) is 3.15. The lowest BCUT2D eigenvalue weighted by Crippen LogP contribution is -2.39. The molecule has 0 aromatic heterocycles. The molecule has 0 aromatic rings. The number of hydrogen-bond donors (Lipinski definition) is 1. The predicted octanol–water partition coefficient (Wildman–Crippen LogP) is 2.35. The fourth-order valence-electron chi connectivity index (χ4n) is 3.15. The van der Waals surface area contributed by atoms with Crippen LogP contribution in [0.3, 0.4) is 0 Å². The molecule has 2 rings (SSSR count). The van der Waals surface area contributed by atoms with E-state index in [1.165, 1.54) is 32.1 Å². The Kier molecular flexibility index (Phi) is 3.45. The Morgan fingerprint density at radius 3 is 2.43 bits per heavy atom.